The second kappa shape index (κ2) is 9.16. The Bertz CT molecular complexity index is 452. The lowest BCUT2D eigenvalue weighted by Gasteiger charge is -2.08. The van der Waals surface area contributed by atoms with Crippen molar-refractivity contribution in [1.82, 2.24) is 5.32 Å². The second-order valence-corrected chi connectivity index (χ2v) is 5.69. The van der Waals surface area contributed by atoms with Gasteiger partial charge in [0.1, 0.15) is 0 Å². The zero-order valence-corrected chi connectivity index (χ0v) is 13.2. The summed E-state index contributed by atoms with van der Waals surface area (Å²) in [5.41, 5.74) is 1.90. The largest absolute Gasteiger partial charge is 0.348 e. The van der Waals surface area contributed by atoms with Gasteiger partial charge in [-0.15, -0.1) is 0 Å². The number of carbonyl (C=O) groups is 2. The van der Waals surface area contributed by atoms with Crippen LogP contribution in [0.1, 0.15) is 45.6 Å². The molecular weight excluding hydrogens is 264 g/mol. The van der Waals surface area contributed by atoms with Gasteiger partial charge in [0.2, 0.25) is 0 Å². The molecular formula is C17H26N2O2. The molecule has 21 heavy (non-hydrogen) atoms. The van der Waals surface area contributed by atoms with Crippen LogP contribution in [0.25, 0.3) is 0 Å². The highest BCUT2D eigenvalue weighted by Crippen LogP contribution is 2.11. The summed E-state index contributed by atoms with van der Waals surface area (Å²) in [7, 11) is 0. The standard InChI is InChI=1S/C17H26N2O2/c1-4-5-6-14-7-9-15(10-8-14)19-17(21)16(20)18-12-11-13(2)3/h7-10,13H,4-6,11-12H2,1-3H3,(H,18,20)(H,19,21). The number of anilines is 1. The number of amides is 2. The summed E-state index contributed by atoms with van der Waals surface area (Å²) in [4.78, 5) is 23.3. The molecule has 0 unspecified atom stereocenters. The van der Waals surface area contributed by atoms with Gasteiger partial charge in [-0.05, 0) is 42.9 Å². The molecule has 0 atom stereocenters. The molecule has 0 radical (unpaired) electrons. The van der Waals surface area contributed by atoms with Crippen LogP contribution in [-0.2, 0) is 16.0 Å². The Morgan fingerprint density at radius 2 is 1.76 bits per heavy atom. The van der Waals surface area contributed by atoms with Gasteiger partial charge in [-0.1, -0.05) is 39.3 Å². The minimum atomic E-state index is -0.611. The van der Waals surface area contributed by atoms with Crippen molar-refractivity contribution in [1.29, 1.82) is 0 Å². The first-order chi connectivity index (χ1) is 10.0. The number of nitrogens with one attached hydrogen (secondary N) is 2. The van der Waals surface area contributed by atoms with Crippen LogP contribution < -0.4 is 10.6 Å². The smallest absolute Gasteiger partial charge is 0.313 e. The molecule has 4 heteroatoms. The van der Waals surface area contributed by atoms with Crippen LogP contribution in [0, 0.1) is 5.92 Å². The fourth-order valence-corrected chi connectivity index (χ4v) is 1.88. The molecule has 2 N–H and O–H groups in total. The van der Waals surface area contributed by atoms with E-state index in [0.717, 1.165) is 25.7 Å². The number of rotatable bonds is 7. The highest BCUT2D eigenvalue weighted by molar-refractivity contribution is 6.39. The summed E-state index contributed by atoms with van der Waals surface area (Å²) >= 11 is 0. The number of unbranched alkanes of at least 4 members (excludes halogenated alkanes) is 1. The van der Waals surface area contributed by atoms with Crippen LogP contribution in [0.2, 0.25) is 0 Å². The highest BCUT2D eigenvalue weighted by atomic mass is 16.2. The molecule has 1 aromatic rings. The molecule has 0 aliphatic rings. The molecule has 2 amide bonds. The number of hydrogen-bond acceptors (Lipinski definition) is 2. The summed E-state index contributed by atoms with van der Waals surface area (Å²) in [6, 6.07) is 7.65. The Morgan fingerprint density at radius 3 is 2.33 bits per heavy atom. The first-order valence-corrected chi connectivity index (χ1v) is 7.71. The molecule has 0 heterocycles. The highest BCUT2D eigenvalue weighted by Gasteiger charge is 2.13. The summed E-state index contributed by atoms with van der Waals surface area (Å²) < 4.78 is 0. The molecule has 0 spiro atoms. The van der Waals surface area contributed by atoms with Crippen molar-refractivity contribution in [3.05, 3.63) is 29.8 Å². The number of benzene rings is 1. The van der Waals surface area contributed by atoms with Crippen molar-refractivity contribution in [2.45, 2.75) is 46.5 Å². The third kappa shape index (κ3) is 6.93. The quantitative estimate of drug-likeness (QED) is 0.758. The van der Waals surface area contributed by atoms with Crippen LogP contribution >= 0.6 is 0 Å². The van der Waals surface area contributed by atoms with Crippen molar-refractivity contribution in [3.63, 3.8) is 0 Å². The minimum absolute atomic E-state index is 0.504. The average Bonchev–Trinajstić information content (AvgIpc) is 2.46. The van der Waals surface area contributed by atoms with Crippen molar-refractivity contribution >= 4 is 17.5 Å². The van der Waals surface area contributed by atoms with Gasteiger partial charge in [0.25, 0.3) is 0 Å². The molecule has 1 aromatic carbocycles. The molecule has 1 rings (SSSR count). The lowest BCUT2D eigenvalue weighted by molar-refractivity contribution is -0.136. The van der Waals surface area contributed by atoms with Crippen molar-refractivity contribution < 1.29 is 9.59 Å². The van der Waals surface area contributed by atoms with Gasteiger partial charge >= 0.3 is 11.8 Å². The predicted molar refractivity (Wildman–Crippen MR) is 86.1 cm³/mol. The Morgan fingerprint density at radius 1 is 1.10 bits per heavy atom. The SMILES string of the molecule is CCCCc1ccc(NC(=O)C(=O)NCCC(C)C)cc1. The first kappa shape index (κ1) is 17.2. The maximum absolute atomic E-state index is 11.7. The normalized spacial score (nSPS) is 10.5. The van der Waals surface area contributed by atoms with Crippen LogP contribution in [0.5, 0.6) is 0 Å². The summed E-state index contributed by atoms with van der Waals surface area (Å²) in [5.74, 6) is -0.685. The van der Waals surface area contributed by atoms with E-state index in [-0.39, 0.29) is 0 Å². The van der Waals surface area contributed by atoms with Gasteiger partial charge in [0, 0.05) is 12.2 Å². The molecule has 4 nitrogen and oxygen atoms in total. The second-order valence-electron chi connectivity index (χ2n) is 5.69. The molecule has 0 fully saturated rings. The van der Waals surface area contributed by atoms with Crippen LogP contribution in [-0.4, -0.2) is 18.4 Å². The van der Waals surface area contributed by atoms with Crippen molar-refractivity contribution in [3.8, 4) is 0 Å². The number of aryl methyl sites for hydroxylation is 1. The fourth-order valence-electron chi connectivity index (χ4n) is 1.88. The lowest BCUT2D eigenvalue weighted by atomic mass is 10.1. The van der Waals surface area contributed by atoms with Crippen molar-refractivity contribution in [2.24, 2.45) is 5.92 Å². The van der Waals surface area contributed by atoms with Gasteiger partial charge in [-0.2, -0.15) is 0 Å². The molecule has 0 aromatic heterocycles. The minimum Gasteiger partial charge on any atom is -0.348 e. The van der Waals surface area contributed by atoms with Crippen molar-refractivity contribution in [2.75, 3.05) is 11.9 Å². The van der Waals surface area contributed by atoms with Crippen LogP contribution in [0.3, 0.4) is 0 Å². The third-order valence-corrected chi connectivity index (χ3v) is 3.24. The Labute approximate surface area is 127 Å². The van der Waals surface area contributed by atoms with Gasteiger partial charge in [-0.25, -0.2) is 0 Å². The molecule has 0 saturated heterocycles. The monoisotopic (exact) mass is 290 g/mol. The maximum Gasteiger partial charge on any atom is 0.313 e. The summed E-state index contributed by atoms with van der Waals surface area (Å²) in [6.45, 7) is 6.84. The Kier molecular flexibility index (Phi) is 7.51. The third-order valence-electron chi connectivity index (χ3n) is 3.24. The molecule has 0 aliphatic heterocycles. The zero-order chi connectivity index (χ0) is 15.7. The Balaban J connectivity index is 2.41. The number of hydrogen-bond donors (Lipinski definition) is 2. The van der Waals surface area contributed by atoms with E-state index < -0.39 is 11.8 Å². The van der Waals surface area contributed by atoms with E-state index in [2.05, 4.69) is 31.4 Å². The van der Waals surface area contributed by atoms with Gasteiger partial charge in [0.05, 0.1) is 0 Å². The molecule has 0 bridgehead atoms. The van der Waals surface area contributed by atoms with E-state index in [1.54, 1.807) is 0 Å². The lowest BCUT2D eigenvalue weighted by Crippen LogP contribution is -2.36. The fraction of sp³-hybridized carbons (Fsp3) is 0.529. The predicted octanol–water partition coefficient (Wildman–Crippen LogP) is 3.13. The first-order valence-electron chi connectivity index (χ1n) is 7.71. The van der Waals surface area contributed by atoms with E-state index in [9.17, 15) is 9.59 Å². The maximum atomic E-state index is 11.7. The van der Waals surface area contributed by atoms with Gasteiger partial charge in [-0.3, -0.25) is 9.59 Å². The van der Waals surface area contributed by atoms with Gasteiger partial charge in [0.15, 0.2) is 0 Å². The van der Waals surface area contributed by atoms with E-state index in [1.807, 2.05) is 24.3 Å². The van der Waals surface area contributed by atoms with Gasteiger partial charge < -0.3 is 10.6 Å². The molecule has 0 saturated carbocycles. The van der Waals surface area contributed by atoms with Crippen LogP contribution in [0.4, 0.5) is 5.69 Å². The number of carbonyl (C=O) groups excluding carboxylic acids is 2. The average molecular weight is 290 g/mol. The van der Waals surface area contributed by atoms with Crippen LogP contribution in [0.15, 0.2) is 24.3 Å². The Hall–Kier alpha value is -1.84. The molecule has 0 aliphatic carbocycles. The van der Waals surface area contributed by atoms with E-state index in [4.69, 9.17) is 0 Å². The summed E-state index contributed by atoms with van der Waals surface area (Å²) in [6.07, 6.45) is 4.23. The topological polar surface area (TPSA) is 58.2 Å². The van der Waals surface area contributed by atoms with E-state index in [1.165, 1.54) is 5.56 Å². The van der Waals surface area contributed by atoms with E-state index in [0.29, 0.717) is 18.2 Å². The molecule has 116 valence electrons. The van der Waals surface area contributed by atoms with E-state index >= 15 is 0 Å². The summed E-state index contributed by atoms with van der Waals surface area (Å²) in [5, 5.41) is 5.23. The zero-order valence-electron chi connectivity index (χ0n) is 13.2.